The van der Waals surface area contributed by atoms with Crippen molar-refractivity contribution in [2.75, 3.05) is 13.7 Å². The third kappa shape index (κ3) is 4.15. The standard InChI is InChI=1S/C15H21N3O2/c1-3-9-19-11-14-17-15(20-18-14)10-13(16-2)12-7-5-4-6-8-12/h4-8,13,16H,3,9-11H2,1-2H3. The number of nitrogens with zero attached hydrogens (tertiary/aromatic N) is 2. The minimum atomic E-state index is 0.168. The van der Waals surface area contributed by atoms with E-state index < -0.39 is 0 Å². The second kappa shape index (κ2) is 7.77. The molecule has 20 heavy (non-hydrogen) atoms. The van der Waals surface area contributed by atoms with Crippen LogP contribution < -0.4 is 5.32 Å². The van der Waals surface area contributed by atoms with Crippen LogP contribution in [0.4, 0.5) is 0 Å². The fraction of sp³-hybridized carbons (Fsp3) is 0.467. The van der Waals surface area contributed by atoms with Gasteiger partial charge in [0.05, 0.1) is 0 Å². The van der Waals surface area contributed by atoms with E-state index in [1.54, 1.807) is 0 Å². The van der Waals surface area contributed by atoms with E-state index in [-0.39, 0.29) is 6.04 Å². The van der Waals surface area contributed by atoms with E-state index >= 15 is 0 Å². The van der Waals surface area contributed by atoms with E-state index in [0.29, 0.717) is 31.3 Å². The van der Waals surface area contributed by atoms with Crippen molar-refractivity contribution in [1.82, 2.24) is 15.5 Å². The summed E-state index contributed by atoms with van der Waals surface area (Å²) in [6, 6.07) is 10.4. The molecule has 1 heterocycles. The molecule has 1 aromatic carbocycles. The lowest BCUT2D eigenvalue weighted by atomic mass is 10.0. The molecule has 1 aromatic heterocycles. The first kappa shape index (κ1) is 14.7. The molecule has 0 saturated heterocycles. The number of hydrogen-bond acceptors (Lipinski definition) is 5. The minimum Gasteiger partial charge on any atom is -0.373 e. The lowest BCUT2D eigenvalue weighted by Gasteiger charge is -2.13. The SMILES string of the molecule is CCCOCc1noc(CC(NC)c2ccccc2)n1. The number of benzene rings is 1. The Hall–Kier alpha value is -1.72. The first-order chi connectivity index (χ1) is 9.83. The molecule has 0 saturated carbocycles. The Labute approximate surface area is 119 Å². The Kier molecular flexibility index (Phi) is 5.70. The number of likely N-dealkylation sites (N-methyl/N-ethyl adjacent to an activating group) is 1. The molecule has 1 atom stereocenters. The predicted octanol–water partition coefficient (Wildman–Crippen LogP) is 2.50. The van der Waals surface area contributed by atoms with E-state index in [4.69, 9.17) is 9.26 Å². The van der Waals surface area contributed by atoms with Gasteiger partial charge in [0.25, 0.3) is 0 Å². The second-order valence-corrected chi connectivity index (χ2v) is 4.61. The molecule has 0 aliphatic rings. The summed E-state index contributed by atoms with van der Waals surface area (Å²) in [6.45, 7) is 3.19. The first-order valence-electron chi connectivity index (χ1n) is 6.95. The Balaban J connectivity index is 1.94. The van der Waals surface area contributed by atoms with Gasteiger partial charge in [-0.05, 0) is 19.0 Å². The van der Waals surface area contributed by atoms with E-state index in [9.17, 15) is 0 Å². The first-order valence-corrected chi connectivity index (χ1v) is 6.95. The maximum absolute atomic E-state index is 5.40. The monoisotopic (exact) mass is 275 g/mol. The number of ether oxygens (including phenoxy) is 1. The number of hydrogen-bond donors (Lipinski definition) is 1. The summed E-state index contributed by atoms with van der Waals surface area (Å²) in [6.07, 6.45) is 1.65. The van der Waals surface area contributed by atoms with E-state index in [0.717, 1.165) is 6.42 Å². The third-order valence-corrected chi connectivity index (χ3v) is 3.02. The van der Waals surface area contributed by atoms with Gasteiger partial charge in [-0.2, -0.15) is 4.98 Å². The van der Waals surface area contributed by atoms with Gasteiger partial charge in [0.2, 0.25) is 5.89 Å². The highest BCUT2D eigenvalue weighted by Gasteiger charge is 2.14. The van der Waals surface area contributed by atoms with Gasteiger partial charge in [-0.1, -0.05) is 42.4 Å². The number of aromatic nitrogens is 2. The van der Waals surface area contributed by atoms with Crippen LogP contribution in [-0.2, 0) is 17.8 Å². The van der Waals surface area contributed by atoms with Crippen molar-refractivity contribution >= 4 is 0 Å². The van der Waals surface area contributed by atoms with Gasteiger partial charge in [-0.25, -0.2) is 0 Å². The van der Waals surface area contributed by atoms with Crippen LogP contribution >= 0.6 is 0 Å². The fourth-order valence-corrected chi connectivity index (χ4v) is 1.99. The van der Waals surface area contributed by atoms with Gasteiger partial charge in [0, 0.05) is 19.1 Å². The van der Waals surface area contributed by atoms with Gasteiger partial charge in [-0.3, -0.25) is 0 Å². The number of nitrogens with one attached hydrogen (secondary N) is 1. The van der Waals surface area contributed by atoms with Gasteiger partial charge >= 0.3 is 0 Å². The zero-order chi connectivity index (χ0) is 14.2. The van der Waals surface area contributed by atoms with Crippen molar-refractivity contribution < 1.29 is 9.26 Å². The van der Waals surface area contributed by atoms with E-state index in [1.807, 2.05) is 25.2 Å². The summed E-state index contributed by atoms with van der Waals surface area (Å²) in [5, 5.41) is 7.20. The molecule has 0 radical (unpaired) electrons. The normalized spacial score (nSPS) is 12.5. The average molecular weight is 275 g/mol. The highest BCUT2D eigenvalue weighted by Crippen LogP contribution is 2.16. The lowest BCUT2D eigenvalue weighted by molar-refractivity contribution is 0.114. The Morgan fingerprint density at radius 1 is 1.30 bits per heavy atom. The third-order valence-electron chi connectivity index (χ3n) is 3.02. The molecular weight excluding hydrogens is 254 g/mol. The highest BCUT2D eigenvalue weighted by molar-refractivity contribution is 5.19. The van der Waals surface area contributed by atoms with Gasteiger partial charge in [-0.15, -0.1) is 0 Å². The van der Waals surface area contributed by atoms with Crippen molar-refractivity contribution in [2.24, 2.45) is 0 Å². The van der Waals surface area contributed by atoms with Crippen molar-refractivity contribution in [2.45, 2.75) is 32.4 Å². The lowest BCUT2D eigenvalue weighted by Crippen LogP contribution is -2.18. The van der Waals surface area contributed by atoms with Gasteiger partial charge in [0.15, 0.2) is 5.82 Å². The molecule has 5 nitrogen and oxygen atoms in total. The smallest absolute Gasteiger partial charge is 0.228 e. The topological polar surface area (TPSA) is 60.2 Å². The van der Waals surface area contributed by atoms with Crippen LogP contribution in [0.1, 0.15) is 36.7 Å². The summed E-state index contributed by atoms with van der Waals surface area (Å²) in [4.78, 5) is 4.35. The molecule has 108 valence electrons. The average Bonchev–Trinajstić information content (AvgIpc) is 2.93. The Morgan fingerprint density at radius 3 is 2.80 bits per heavy atom. The Bertz CT molecular complexity index is 499. The largest absolute Gasteiger partial charge is 0.373 e. The molecule has 1 unspecified atom stereocenters. The van der Waals surface area contributed by atoms with Gasteiger partial charge < -0.3 is 14.6 Å². The van der Waals surface area contributed by atoms with Crippen LogP contribution in [0, 0.1) is 0 Å². The van der Waals surface area contributed by atoms with Crippen molar-refractivity contribution in [3.05, 3.63) is 47.6 Å². The quantitative estimate of drug-likeness (QED) is 0.750. The van der Waals surface area contributed by atoms with Crippen molar-refractivity contribution in [3.8, 4) is 0 Å². The molecule has 0 aliphatic carbocycles. The summed E-state index contributed by atoms with van der Waals surface area (Å²) >= 11 is 0. The maximum atomic E-state index is 5.40. The molecular formula is C15H21N3O2. The molecule has 0 aliphatic heterocycles. The molecule has 0 bridgehead atoms. The van der Waals surface area contributed by atoms with E-state index in [1.165, 1.54) is 5.56 Å². The van der Waals surface area contributed by atoms with Crippen LogP contribution in [-0.4, -0.2) is 23.8 Å². The molecule has 2 rings (SSSR count). The van der Waals surface area contributed by atoms with Crippen LogP contribution in [0.25, 0.3) is 0 Å². The maximum Gasteiger partial charge on any atom is 0.228 e. The van der Waals surface area contributed by atoms with Gasteiger partial charge in [0.1, 0.15) is 6.61 Å². The fourth-order valence-electron chi connectivity index (χ4n) is 1.99. The van der Waals surface area contributed by atoms with Crippen molar-refractivity contribution in [1.29, 1.82) is 0 Å². The molecule has 2 aromatic rings. The highest BCUT2D eigenvalue weighted by atomic mass is 16.5. The summed E-state index contributed by atoms with van der Waals surface area (Å²) < 4.78 is 10.7. The second-order valence-electron chi connectivity index (χ2n) is 4.61. The summed E-state index contributed by atoms with van der Waals surface area (Å²) in [5.41, 5.74) is 1.21. The molecule has 1 N–H and O–H groups in total. The number of rotatable bonds is 8. The van der Waals surface area contributed by atoms with Crippen LogP contribution in [0.3, 0.4) is 0 Å². The zero-order valence-electron chi connectivity index (χ0n) is 12.0. The summed E-state index contributed by atoms with van der Waals surface area (Å²) in [7, 11) is 1.93. The molecule has 0 amide bonds. The van der Waals surface area contributed by atoms with Crippen molar-refractivity contribution in [3.63, 3.8) is 0 Å². The zero-order valence-corrected chi connectivity index (χ0v) is 12.0. The molecule has 0 spiro atoms. The van der Waals surface area contributed by atoms with E-state index in [2.05, 4.69) is 34.5 Å². The predicted molar refractivity (Wildman–Crippen MR) is 76.2 cm³/mol. The van der Waals surface area contributed by atoms with Crippen LogP contribution in [0.5, 0.6) is 0 Å². The van der Waals surface area contributed by atoms with Crippen LogP contribution in [0.2, 0.25) is 0 Å². The minimum absolute atomic E-state index is 0.168. The molecule has 0 fully saturated rings. The molecule has 5 heteroatoms. The van der Waals surface area contributed by atoms with Crippen LogP contribution in [0.15, 0.2) is 34.9 Å². The summed E-state index contributed by atoms with van der Waals surface area (Å²) in [5.74, 6) is 1.24. The Morgan fingerprint density at radius 2 is 2.10 bits per heavy atom.